The van der Waals surface area contributed by atoms with Crippen molar-refractivity contribution in [3.05, 3.63) is 71.7 Å². The molecule has 17 heavy (non-hydrogen) atoms. The number of nitrogens with zero attached hydrogens (tertiary/aromatic N) is 1. The van der Waals surface area contributed by atoms with Gasteiger partial charge in [0.25, 0.3) is 0 Å². The molecule has 0 saturated carbocycles. The molecule has 0 bridgehead atoms. The van der Waals surface area contributed by atoms with Crippen LogP contribution in [-0.4, -0.2) is 4.98 Å². The van der Waals surface area contributed by atoms with Crippen LogP contribution in [0.1, 0.15) is 22.5 Å². The summed E-state index contributed by atoms with van der Waals surface area (Å²) in [6.07, 6.45) is 0. The minimum atomic E-state index is -0.285. The van der Waals surface area contributed by atoms with Crippen LogP contribution in [0.3, 0.4) is 0 Å². The Kier molecular flexibility index (Phi) is 3.20. The molecule has 0 unspecified atom stereocenters. The fraction of sp³-hybridized carbons (Fsp3) is 0.0667. The third-order valence-corrected chi connectivity index (χ3v) is 2.17. The molecule has 2 rings (SSSR count). The Morgan fingerprint density at radius 3 is 2.71 bits per heavy atom. The van der Waals surface area contributed by atoms with Crippen LogP contribution in [0, 0.1) is 31.5 Å². The first-order valence-corrected chi connectivity index (χ1v) is 5.22. The summed E-state index contributed by atoms with van der Waals surface area (Å²) in [7, 11) is 0. The van der Waals surface area contributed by atoms with Crippen molar-refractivity contribution in [1.29, 1.82) is 0 Å². The lowest BCUT2D eigenvalue weighted by atomic mass is 10.2. The zero-order chi connectivity index (χ0) is 12.3. The van der Waals surface area contributed by atoms with E-state index in [1.165, 1.54) is 12.1 Å². The summed E-state index contributed by atoms with van der Waals surface area (Å²) >= 11 is 0. The van der Waals surface area contributed by atoms with Gasteiger partial charge in [-0.3, -0.25) is 0 Å². The Balaban J connectivity index is 2.32. The van der Waals surface area contributed by atoms with Gasteiger partial charge < -0.3 is 0 Å². The molecule has 83 valence electrons. The van der Waals surface area contributed by atoms with E-state index in [1.54, 1.807) is 18.2 Å². The van der Waals surface area contributed by atoms with Gasteiger partial charge >= 0.3 is 0 Å². The van der Waals surface area contributed by atoms with Crippen molar-refractivity contribution in [1.82, 2.24) is 4.98 Å². The Bertz CT molecular complexity index is 586. The Morgan fingerprint density at radius 1 is 1.18 bits per heavy atom. The molecule has 2 aromatic rings. The van der Waals surface area contributed by atoms with Gasteiger partial charge in [0.1, 0.15) is 11.5 Å². The summed E-state index contributed by atoms with van der Waals surface area (Å²) in [6, 6.07) is 9.87. The molecule has 0 saturated heterocycles. The van der Waals surface area contributed by atoms with Gasteiger partial charge in [-0.1, -0.05) is 12.0 Å². The van der Waals surface area contributed by atoms with Gasteiger partial charge in [0.15, 0.2) is 0 Å². The highest BCUT2D eigenvalue weighted by Crippen LogP contribution is 2.04. The predicted molar refractivity (Wildman–Crippen MR) is 65.8 cm³/mol. The smallest absolute Gasteiger partial charge is 0.124 e. The van der Waals surface area contributed by atoms with Crippen LogP contribution in [0.2, 0.25) is 0 Å². The van der Waals surface area contributed by atoms with Crippen LogP contribution < -0.4 is 0 Å². The third-order valence-electron chi connectivity index (χ3n) is 2.17. The highest BCUT2D eigenvalue weighted by molar-refractivity contribution is 5.41. The molecule has 0 N–H and O–H groups in total. The van der Waals surface area contributed by atoms with Crippen molar-refractivity contribution in [2.45, 2.75) is 6.92 Å². The molecular weight excluding hydrogens is 213 g/mol. The number of halogens is 1. The second kappa shape index (κ2) is 4.80. The minimum Gasteiger partial charge on any atom is -0.245 e. The SMILES string of the molecule is [CH2]c1cc(C)nc(C#Cc2cccc(F)c2)c1. The van der Waals surface area contributed by atoms with Crippen molar-refractivity contribution in [2.75, 3.05) is 0 Å². The number of benzene rings is 1. The molecule has 0 amide bonds. The van der Waals surface area contributed by atoms with Crippen LogP contribution in [0.15, 0.2) is 36.4 Å². The molecule has 0 aliphatic rings. The van der Waals surface area contributed by atoms with Gasteiger partial charge in [-0.2, -0.15) is 0 Å². The Hall–Kier alpha value is -2.14. The summed E-state index contributed by atoms with van der Waals surface area (Å²) in [6.45, 7) is 5.73. The highest BCUT2D eigenvalue weighted by atomic mass is 19.1. The zero-order valence-electron chi connectivity index (χ0n) is 9.50. The summed E-state index contributed by atoms with van der Waals surface area (Å²) in [5, 5.41) is 0. The molecular formula is C15H11FN. The first-order valence-electron chi connectivity index (χ1n) is 5.22. The number of aryl methyl sites for hydroxylation is 1. The van der Waals surface area contributed by atoms with Crippen molar-refractivity contribution >= 4 is 0 Å². The molecule has 0 fully saturated rings. The molecule has 0 aliphatic carbocycles. The Labute approximate surface area is 100 Å². The van der Waals surface area contributed by atoms with Crippen molar-refractivity contribution < 1.29 is 4.39 Å². The van der Waals surface area contributed by atoms with Crippen LogP contribution in [0.4, 0.5) is 4.39 Å². The minimum absolute atomic E-state index is 0.285. The largest absolute Gasteiger partial charge is 0.245 e. The molecule has 2 heteroatoms. The molecule has 1 radical (unpaired) electrons. The molecule has 0 aliphatic heterocycles. The van der Waals surface area contributed by atoms with Crippen LogP contribution in [0.25, 0.3) is 0 Å². The molecule has 0 atom stereocenters. The van der Waals surface area contributed by atoms with Crippen molar-refractivity contribution in [3.63, 3.8) is 0 Å². The van der Waals surface area contributed by atoms with E-state index in [2.05, 4.69) is 23.7 Å². The number of pyridine rings is 1. The van der Waals surface area contributed by atoms with Gasteiger partial charge in [0.05, 0.1) is 0 Å². The van der Waals surface area contributed by atoms with Crippen LogP contribution >= 0.6 is 0 Å². The molecule has 1 nitrogen and oxygen atoms in total. The number of aromatic nitrogens is 1. The van der Waals surface area contributed by atoms with E-state index in [0.29, 0.717) is 11.3 Å². The van der Waals surface area contributed by atoms with Crippen molar-refractivity contribution in [2.24, 2.45) is 0 Å². The lowest BCUT2D eigenvalue weighted by Crippen LogP contribution is -1.88. The molecule has 1 aromatic heterocycles. The van der Waals surface area contributed by atoms with Gasteiger partial charge in [0, 0.05) is 11.3 Å². The Morgan fingerprint density at radius 2 is 2.00 bits per heavy atom. The fourth-order valence-electron chi connectivity index (χ4n) is 1.51. The first kappa shape index (κ1) is 11.3. The van der Waals surface area contributed by atoms with Gasteiger partial charge in [-0.25, -0.2) is 9.37 Å². The third kappa shape index (κ3) is 3.15. The zero-order valence-corrected chi connectivity index (χ0v) is 9.50. The molecule has 1 aromatic carbocycles. The first-order chi connectivity index (χ1) is 8.13. The summed E-state index contributed by atoms with van der Waals surface area (Å²) in [5.41, 5.74) is 3.04. The molecule has 1 heterocycles. The lowest BCUT2D eigenvalue weighted by Gasteiger charge is -1.96. The van der Waals surface area contributed by atoms with E-state index in [9.17, 15) is 4.39 Å². The van der Waals surface area contributed by atoms with E-state index in [-0.39, 0.29) is 5.82 Å². The molecule has 0 spiro atoms. The average Bonchev–Trinajstić information content (AvgIpc) is 2.25. The topological polar surface area (TPSA) is 12.9 Å². The highest BCUT2D eigenvalue weighted by Gasteiger charge is 1.94. The van der Waals surface area contributed by atoms with Gasteiger partial charge in [-0.15, -0.1) is 0 Å². The maximum absolute atomic E-state index is 12.9. The van der Waals surface area contributed by atoms with E-state index >= 15 is 0 Å². The summed E-state index contributed by atoms with van der Waals surface area (Å²) in [4.78, 5) is 4.26. The van der Waals surface area contributed by atoms with E-state index in [4.69, 9.17) is 0 Å². The normalized spacial score (nSPS) is 9.59. The van der Waals surface area contributed by atoms with Crippen LogP contribution in [-0.2, 0) is 0 Å². The fourth-order valence-corrected chi connectivity index (χ4v) is 1.51. The quantitative estimate of drug-likeness (QED) is 0.626. The number of hydrogen-bond donors (Lipinski definition) is 0. The number of rotatable bonds is 0. The van der Waals surface area contributed by atoms with E-state index < -0.39 is 0 Å². The van der Waals surface area contributed by atoms with Gasteiger partial charge in [-0.05, 0) is 55.7 Å². The summed E-state index contributed by atoms with van der Waals surface area (Å²) < 4.78 is 12.9. The monoisotopic (exact) mass is 224 g/mol. The van der Waals surface area contributed by atoms with Crippen LogP contribution in [0.5, 0.6) is 0 Å². The average molecular weight is 224 g/mol. The van der Waals surface area contributed by atoms with Crippen molar-refractivity contribution in [3.8, 4) is 11.8 Å². The number of hydrogen-bond acceptors (Lipinski definition) is 1. The van der Waals surface area contributed by atoms with E-state index in [0.717, 1.165) is 11.3 Å². The lowest BCUT2D eigenvalue weighted by molar-refractivity contribution is 0.627. The maximum atomic E-state index is 12.9. The summed E-state index contributed by atoms with van der Waals surface area (Å²) in [5.74, 6) is 5.49. The second-order valence-electron chi connectivity index (χ2n) is 3.76. The van der Waals surface area contributed by atoms with Gasteiger partial charge in [0.2, 0.25) is 0 Å². The maximum Gasteiger partial charge on any atom is 0.124 e. The second-order valence-corrected chi connectivity index (χ2v) is 3.76. The standard InChI is InChI=1S/C15H11FN/c1-11-8-12(2)17-15(9-11)7-6-13-4-3-5-14(16)10-13/h3-5,8-10H,1H2,2H3. The predicted octanol–water partition coefficient (Wildman–Crippen LogP) is 3.11. The van der Waals surface area contributed by atoms with E-state index in [1.807, 2.05) is 13.0 Å².